The standard InChI is InChI=1S/C28H38N2O5S/c1-19-13-21-15-22(14-19)17-28(2,16-21)29-26(31)24-25(36(32,33)23-11-7-4-8-12-23)27(30-35-24)34-18-20-9-5-3-6-10-20/h3,5-6,9-10,19,21-23H,4,7-8,11-18H2,1-2H3,(H,29,31). The summed E-state index contributed by atoms with van der Waals surface area (Å²) in [6.07, 6.45) is 9.28. The van der Waals surface area contributed by atoms with E-state index >= 15 is 0 Å². The van der Waals surface area contributed by atoms with Gasteiger partial charge in [-0.3, -0.25) is 4.79 Å². The molecule has 1 N–H and O–H groups in total. The maximum Gasteiger partial charge on any atom is 0.291 e. The predicted octanol–water partition coefficient (Wildman–Crippen LogP) is 5.69. The Morgan fingerprint density at radius 3 is 2.42 bits per heavy atom. The van der Waals surface area contributed by atoms with Gasteiger partial charge >= 0.3 is 0 Å². The van der Waals surface area contributed by atoms with E-state index < -0.39 is 26.5 Å². The van der Waals surface area contributed by atoms with Crippen LogP contribution in [0.4, 0.5) is 0 Å². The Hall–Kier alpha value is -2.35. The van der Waals surface area contributed by atoms with Crippen molar-refractivity contribution in [1.29, 1.82) is 0 Å². The predicted molar refractivity (Wildman–Crippen MR) is 136 cm³/mol. The average molecular weight is 515 g/mol. The Labute approximate surface area is 214 Å². The number of ether oxygens (including phenoxy) is 1. The lowest BCUT2D eigenvalue weighted by atomic mass is 9.62. The number of benzene rings is 1. The van der Waals surface area contributed by atoms with Crippen LogP contribution in [0, 0.1) is 17.8 Å². The number of nitrogens with zero attached hydrogens (tertiary/aromatic N) is 1. The normalized spacial score (nSPS) is 29.0. The molecule has 0 aliphatic heterocycles. The molecule has 5 rings (SSSR count). The molecule has 36 heavy (non-hydrogen) atoms. The Kier molecular flexibility index (Phi) is 7.16. The molecule has 0 spiro atoms. The highest BCUT2D eigenvalue weighted by Crippen LogP contribution is 2.46. The quantitative estimate of drug-likeness (QED) is 0.509. The summed E-state index contributed by atoms with van der Waals surface area (Å²) in [6.45, 7) is 4.54. The number of fused-ring (bicyclic) bond motifs is 2. The van der Waals surface area contributed by atoms with Gasteiger partial charge in [0.1, 0.15) is 6.61 Å². The summed E-state index contributed by atoms with van der Waals surface area (Å²) in [6, 6.07) is 9.47. The van der Waals surface area contributed by atoms with Gasteiger partial charge in [-0.1, -0.05) is 56.5 Å². The van der Waals surface area contributed by atoms with Gasteiger partial charge in [0.05, 0.1) is 5.25 Å². The molecule has 1 amide bonds. The smallest absolute Gasteiger partial charge is 0.291 e. The number of hydrogen-bond donors (Lipinski definition) is 1. The van der Waals surface area contributed by atoms with Gasteiger partial charge in [0.2, 0.25) is 5.76 Å². The molecular weight excluding hydrogens is 476 g/mol. The van der Waals surface area contributed by atoms with Crippen LogP contribution >= 0.6 is 0 Å². The summed E-state index contributed by atoms with van der Waals surface area (Å²) in [7, 11) is -3.85. The number of carbonyl (C=O) groups excluding carboxylic acids is 1. The Balaban J connectivity index is 1.42. The monoisotopic (exact) mass is 514 g/mol. The molecule has 7 nitrogen and oxygen atoms in total. The minimum atomic E-state index is -3.85. The Bertz CT molecular complexity index is 1150. The highest BCUT2D eigenvalue weighted by Gasteiger charge is 2.44. The van der Waals surface area contributed by atoms with Crippen molar-refractivity contribution in [3.8, 4) is 5.88 Å². The summed E-state index contributed by atoms with van der Waals surface area (Å²) >= 11 is 0. The van der Waals surface area contributed by atoms with E-state index in [1.165, 1.54) is 19.3 Å². The van der Waals surface area contributed by atoms with E-state index in [0.29, 0.717) is 24.7 Å². The summed E-state index contributed by atoms with van der Waals surface area (Å²) in [5.41, 5.74) is 0.483. The largest absolute Gasteiger partial charge is 0.470 e. The molecule has 3 saturated carbocycles. The van der Waals surface area contributed by atoms with Crippen molar-refractivity contribution in [2.75, 3.05) is 0 Å². The van der Waals surface area contributed by atoms with Crippen LogP contribution in [0.5, 0.6) is 5.88 Å². The van der Waals surface area contributed by atoms with Crippen LogP contribution in [0.1, 0.15) is 94.2 Å². The van der Waals surface area contributed by atoms with E-state index in [2.05, 4.69) is 24.3 Å². The van der Waals surface area contributed by atoms with Gasteiger partial charge < -0.3 is 14.6 Å². The first-order valence-corrected chi connectivity index (χ1v) is 15.0. The van der Waals surface area contributed by atoms with Gasteiger partial charge in [-0.15, -0.1) is 0 Å². The average Bonchev–Trinajstić information content (AvgIpc) is 3.28. The number of rotatable bonds is 7. The van der Waals surface area contributed by atoms with Crippen molar-refractivity contribution < 1.29 is 22.5 Å². The Morgan fingerprint density at radius 1 is 1.08 bits per heavy atom. The van der Waals surface area contributed by atoms with Gasteiger partial charge in [0, 0.05) is 5.54 Å². The lowest BCUT2D eigenvalue weighted by Crippen LogP contribution is -2.52. The van der Waals surface area contributed by atoms with Gasteiger partial charge in [-0.05, 0) is 80.3 Å². The first-order valence-electron chi connectivity index (χ1n) is 13.5. The lowest BCUT2D eigenvalue weighted by molar-refractivity contribution is 0.0591. The van der Waals surface area contributed by atoms with Gasteiger partial charge in [-0.25, -0.2) is 8.42 Å². The molecule has 3 aliphatic rings. The van der Waals surface area contributed by atoms with Crippen LogP contribution in [-0.4, -0.2) is 30.3 Å². The SMILES string of the molecule is CC1CC2CC(C1)CC(C)(NC(=O)c1onc(OCc3ccccc3)c1S(=O)(=O)C1CCCCC1)C2. The maximum absolute atomic E-state index is 13.8. The van der Waals surface area contributed by atoms with Gasteiger partial charge in [0.25, 0.3) is 11.8 Å². The molecule has 0 radical (unpaired) electrons. The highest BCUT2D eigenvalue weighted by molar-refractivity contribution is 7.92. The van der Waals surface area contributed by atoms with Crippen molar-refractivity contribution in [3.63, 3.8) is 0 Å². The summed E-state index contributed by atoms with van der Waals surface area (Å²) < 4.78 is 38.9. The molecule has 1 aromatic heterocycles. The van der Waals surface area contributed by atoms with Crippen LogP contribution in [0.3, 0.4) is 0 Å². The van der Waals surface area contributed by atoms with Crippen molar-refractivity contribution in [3.05, 3.63) is 41.7 Å². The van der Waals surface area contributed by atoms with Crippen LogP contribution in [0.25, 0.3) is 0 Å². The fraction of sp³-hybridized carbons (Fsp3) is 0.643. The molecule has 1 aromatic carbocycles. The zero-order valence-electron chi connectivity index (χ0n) is 21.4. The summed E-state index contributed by atoms with van der Waals surface area (Å²) in [4.78, 5) is 13.4. The molecule has 1 heterocycles. The zero-order chi connectivity index (χ0) is 25.3. The van der Waals surface area contributed by atoms with Crippen molar-refractivity contribution in [2.24, 2.45) is 17.8 Å². The van der Waals surface area contributed by atoms with Crippen molar-refractivity contribution in [2.45, 2.75) is 100 Å². The number of amides is 1. The second kappa shape index (κ2) is 10.2. The first-order chi connectivity index (χ1) is 17.2. The maximum atomic E-state index is 13.8. The number of aromatic nitrogens is 1. The number of nitrogens with one attached hydrogen (secondary N) is 1. The molecular formula is C28H38N2O5S. The molecule has 2 unspecified atom stereocenters. The fourth-order valence-corrected chi connectivity index (χ4v) is 9.06. The van der Waals surface area contributed by atoms with Crippen LogP contribution < -0.4 is 10.1 Å². The van der Waals surface area contributed by atoms with Gasteiger partial charge in [-0.2, -0.15) is 0 Å². The zero-order valence-corrected chi connectivity index (χ0v) is 22.2. The number of hydrogen-bond acceptors (Lipinski definition) is 6. The van der Waals surface area contributed by atoms with Crippen molar-refractivity contribution >= 4 is 15.7 Å². The third kappa shape index (κ3) is 5.34. The van der Waals surface area contributed by atoms with Crippen LogP contribution in [0.2, 0.25) is 0 Å². The first kappa shape index (κ1) is 25.3. The third-order valence-corrected chi connectivity index (χ3v) is 10.6. The molecule has 2 bridgehead atoms. The van der Waals surface area contributed by atoms with E-state index in [1.54, 1.807) is 0 Å². The van der Waals surface area contributed by atoms with E-state index in [1.807, 2.05) is 30.3 Å². The van der Waals surface area contributed by atoms with E-state index in [0.717, 1.165) is 43.6 Å². The molecule has 2 aromatic rings. The topological polar surface area (TPSA) is 98.5 Å². The molecule has 0 saturated heterocycles. The van der Waals surface area contributed by atoms with Crippen LogP contribution in [-0.2, 0) is 16.4 Å². The Morgan fingerprint density at radius 2 is 1.75 bits per heavy atom. The number of sulfone groups is 1. The van der Waals surface area contributed by atoms with E-state index in [9.17, 15) is 13.2 Å². The van der Waals surface area contributed by atoms with Crippen molar-refractivity contribution in [1.82, 2.24) is 10.5 Å². The molecule has 2 atom stereocenters. The highest BCUT2D eigenvalue weighted by atomic mass is 32.2. The molecule has 3 aliphatic carbocycles. The molecule has 3 fully saturated rings. The summed E-state index contributed by atoms with van der Waals surface area (Å²) in [5.74, 6) is 1.02. The van der Waals surface area contributed by atoms with E-state index in [-0.39, 0.29) is 23.1 Å². The third-order valence-electron chi connectivity index (χ3n) is 8.35. The molecule has 8 heteroatoms. The van der Waals surface area contributed by atoms with Crippen LogP contribution in [0.15, 0.2) is 39.8 Å². The second-order valence-electron chi connectivity index (χ2n) is 11.7. The van der Waals surface area contributed by atoms with E-state index in [4.69, 9.17) is 9.26 Å². The lowest BCUT2D eigenvalue weighted by Gasteiger charge is -2.47. The fourth-order valence-electron chi connectivity index (χ4n) is 7.04. The second-order valence-corrected chi connectivity index (χ2v) is 13.9. The number of carbonyl (C=O) groups is 1. The minimum Gasteiger partial charge on any atom is -0.470 e. The van der Waals surface area contributed by atoms with Gasteiger partial charge in [0.15, 0.2) is 14.7 Å². The molecule has 196 valence electrons. The minimum absolute atomic E-state index is 0.117. The summed E-state index contributed by atoms with van der Waals surface area (Å²) in [5, 5.41) is 6.57.